The zero-order chi connectivity index (χ0) is 18.9. The van der Waals surface area contributed by atoms with E-state index in [-0.39, 0.29) is 10.6 Å². The van der Waals surface area contributed by atoms with E-state index in [0.717, 1.165) is 0 Å². The fourth-order valence-corrected chi connectivity index (χ4v) is 3.57. The average molecular weight is 378 g/mol. The van der Waals surface area contributed by atoms with Crippen LogP contribution in [-0.4, -0.2) is 30.3 Å². The summed E-state index contributed by atoms with van der Waals surface area (Å²) in [4.78, 5) is 28.2. The minimum absolute atomic E-state index is 0.0464. The summed E-state index contributed by atoms with van der Waals surface area (Å²) < 4.78 is 40.7. The number of aromatic nitrogens is 2. The molecule has 136 valence electrons. The summed E-state index contributed by atoms with van der Waals surface area (Å²) in [7, 11) is -4.03. The molecule has 26 heavy (non-hydrogen) atoms. The first-order chi connectivity index (χ1) is 12.3. The molecule has 0 aliphatic heterocycles. The second kappa shape index (κ2) is 6.73. The van der Waals surface area contributed by atoms with Crippen LogP contribution in [-0.2, 0) is 14.8 Å². The number of carbonyl (C=O) groups is 1. The highest BCUT2D eigenvalue weighted by molar-refractivity contribution is 7.89. The summed E-state index contributed by atoms with van der Waals surface area (Å²) in [5, 5.41) is 2.32. The van der Waals surface area contributed by atoms with Crippen LogP contribution in [0, 0.1) is 5.82 Å². The van der Waals surface area contributed by atoms with Crippen molar-refractivity contribution in [2.75, 3.05) is 5.32 Å². The maximum Gasteiger partial charge on any atom is 0.323 e. The Morgan fingerprint density at radius 3 is 2.54 bits per heavy atom. The summed E-state index contributed by atoms with van der Waals surface area (Å²) in [6.45, 7) is 1.34. The molecule has 3 rings (SSSR count). The number of hydrogen-bond donors (Lipinski definition) is 4. The Kier molecular flexibility index (Phi) is 4.62. The molecule has 0 radical (unpaired) electrons. The number of para-hydroxylation sites is 1. The molecule has 0 aliphatic rings. The van der Waals surface area contributed by atoms with Gasteiger partial charge in [0, 0.05) is 0 Å². The van der Waals surface area contributed by atoms with Gasteiger partial charge in [-0.2, -0.15) is 4.72 Å². The molecule has 1 unspecified atom stereocenters. The second-order valence-corrected chi connectivity index (χ2v) is 7.31. The number of benzene rings is 2. The fraction of sp³-hybridized carbons (Fsp3) is 0.125. The van der Waals surface area contributed by atoms with E-state index in [0.29, 0.717) is 11.0 Å². The van der Waals surface area contributed by atoms with Crippen molar-refractivity contribution in [3.63, 3.8) is 0 Å². The van der Waals surface area contributed by atoms with Gasteiger partial charge < -0.3 is 15.3 Å². The summed E-state index contributed by atoms with van der Waals surface area (Å²) in [5.41, 5.74) is 0.274. The molecule has 1 amide bonds. The standard InChI is InChI=1S/C16H15FN4O4S/c1-9(15(22)18-12-5-3-2-4-11(12)17)21-26(24,25)10-6-7-13-14(8-10)20-16(23)19-13/h2-9,21H,1H3,(H,18,22)(H2,19,20,23). The van der Waals surface area contributed by atoms with E-state index >= 15 is 0 Å². The molecule has 0 saturated carbocycles. The lowest BCUT2D eigenvalue weighted by atomic mass is 10.2. The second-order valence-electron chi connectivity index (χ2n) is 5.60. The van der Waals surface area contributed by atoms with Crippen LogP contribution in [0.2, 0.25) is 0 Å². The van der Waals surface area contributed by atoms with Crippen molar-refractivity contribution in [2.24, 2.45) is 0 Å². The van der Waals surface area contributed by atoms with Crippen molar-refractivity contribution >= 4 is 32.7 Å². The van der Waals surface area contributed by atoms with Crippen molar-refractivity contribution < 1.29 is 17.6 Å². The number of aromatic amines is 2. The Morgan fingerprint density at radius 2 is 1.81 bits per heavy atom. The van der Waals surface area contributed by atoms with E-state index in [1.165, 1.54) is 43.3 Å². The molecular weight excluding hydrogens is 363 g/mol. The van der Waals surface area contributed by atoms with E-state index in [1.807, 2.05) is 0 Å². The van der Waals surface area contributed by atoms with Crippen LogP contribution < -0.4 is 15.7 Å². The van der Waals surface area contributed by atoms with E-state index in [9.17, 15) is 22.4 Å². The lowest BCUT2D eigenvalue weighted by Crippen LogP contribution is -2.41. The van der Waals surface area contributed by atoms with Crippen LogP contribution in [0.3, 0.4) is 0 Å². The number of carbonyl (C=O) groups excluding carboxylic acids is 1. The van der Waals surface area contributed by atoms with Crippen LogP contribution in [0.25, 0.3) is 11.0 Å². The van der Waals surface area contributed by atoms with Gasteiger partial charge in [0.25, 0.3) is 0 Å². The number of anilines is 1. The topological polar surface area (TPSA) is 124 Å². The number of nitrogens with one attached hydrogen (secondary N) is 4. The Balaban J connectivity index is 1.77. The number of rotatable bonds is 5. The first-order valence-electron chi connectivity index (χ1n) is 7.56. The van der Waals surface area contributed by atoms with Crippen LogP contribution in [0.4, 0.5) is 10.1 Å². The van der Waals surface area contributed by atoms with Gasteiger partial charge >= 0.3 is 5.69 Å². The van der Waals surface area contributed by atoms with Crippen molar-refractivity contribution in [3.8, 4) is 0 Å². The Bertz CT molecular complexity index is 1140. The van der Waals surface area contributed by atoms with Gasteiger partial charge in [-0.15, -0.1) is 0 Å². The summed E-state index contributed by atoms with van der Waals surface area (Å²) in [6, 6.07) is 8.42. The molecule has 1 aromatic heterocycles. The van der Waals surface area contributed by atoms with E-state index in [2.05, 4.69) is 20.0 Å². The zero-order valence-electron chi connectivity index (χ0n) is 13.5. The molecule has 0 aliphatic carbocycles. The molecule has 0 saturated heterocycles. The van der Waals surface area contributed by atoms with Crippen molar-refractivity contribution in [1.29, 1.82) is 0 Å². The average Bonchev–Trinajstić information content (AvgIpc) is 2.95. The van der Waals surface area contributed by atoms with E-state index in [1.54, 1.807) is 6.07 Å². The summed E-state index contributed by atoms with van der Waals surface area (Å²) in [6.07, 6.45) is 0. The largest absolute Gasteiger partial charge is 0.323 e. The van der Waals surface area contributed by atoms with E-state index in [4.69, 9.17) is 0 Å². The third-order valence-corrected chi connectivity index (χ3v) is 5.19. The lowest BCUT2D eigenvalue weighted by Gasteiger charge is -2.15. The molecule has 4 N–H and O–H groups in total. The molecule has 0 fully saturated rings. The number of imidazole rings is 1. The predicted octanol–water partition coefficient (Wildman–Crippen LogP) is 1.30. The van der Waals surface area contributed by atoms with Gasteiger partial charge in [0.15, 0.2) is 0 Å². The third-order valence-electron chi connectivity index (χ3n) is 3.65. The summed E-state index contributed by atoms with van der Waals surface area (Å²) in [5.74, 6) is -1.34. The van der Waals surface area contributed by atoms with Gasteiger partial charge in [-0.1, -0.05) is 12.1 Å². The SMILES string of the molecule is CC(NS(=O)(=O)c1ccc2[nH]c(=O)[nH]c2c1)C(=O)Nc1ccccc1F. The molecule has 2 aromatic carbocycles. The molecule has 8 nitrogen and oxygen atoms in total. The van der Waals surface area contributed by atoms with Gasteiger partial charge in [-0.3, -0.25) is 4.79 Å². The van der Waals surface area contributed by atoms with Crippen LogP contribution in [0.5, 0.6) is 0 Å². The molecule has 1 heterocycles. The highest BCUT2D eigenvalue weighted by Gasteiger charge is 2.23. The first kappa shape index (κ1) is 17.8. The monoisotopic (exact) mass is 378 g/mol. The highest BCUT2D eigenvalue weighted by Crippen LogP contribution is 2.16. The number of fused-ring (bicyclic) bond motifs is 1. The molecular formula is C16H15FN4O4S. The zero-order valence-corrected chi connectivity index (χ0v) is 14.4. The number of H-pyrrole nitrogens is 2. The third kappa shape index (κ3) is 3.65. The summed E-state index contributed by atoms with van der Waals surface area (Å²) >= 11 is 0. The predicted molar refractivity (Wildman–Crippen MR) is 93.7 cm³/mol. The Labute approximate surface area is 147 Å². The number of hydrogen-bond acceptors (Lipinski definition) is 4. The number of sulfonamides is 1. The van der Waals surface area contributed by atoms with Gasteiger partial charge in [-0.25, -0.2) is 17.6 Å². The van der Waals surface area contributed by atoms with Crippen molar-refractivity contribution in [1.82, 2.24) is 14.7 Å². The number of amides is 1. The smallest absolute Gasteiger partial charge is 0.322 e. The minimum atomic E-state index is -4.03. The maximum absolute atomic E-state index is 13.6. The van der Waals surface area contributed by atoms with Crippen LogP contribution in [0.1, 0.15) is 6.92 Å². The van der Waals surface area contributed by atoms with Gasteiger partial charge in [0.2, 0.25) is 15.9 Å². The van der Waals surface area contributed by atoms with Crippen molar-refractivity contribution in [2.45, 2.75) is 17.9 Å². The lowest BCUT2D eigenvalue weighted by molar-refractivity contribution is -0.117. The van der Waals surface area contributed by atoms with Gasteiger partial charge in [0.1, 0.15) is 5.82 Å². The Hall–Kier alpha value is -2.98. The van der Waals surface area contributed by atoms with Crippen LogP contribution in [0.15, 0.2) is 52.2 Å². The molecule has 10 heteroatoms. The van der Waals surface area contributed by atoms with Crippen molar-refractivity contribution in [3.05, 3.63) is 58.8 Å². The normalized spacial score (nSPS) is 12.8. The minimum Gasteiger partial charge on any atom is -0.322 e. The first-order valence-corrected chi connectivity index (χ1v) is 9.04. The Morgan fingerprint density at radius 1 is 1.12 bits per heavy atom. The van der Waals surface area contributed by atoms with E-state index < -0.39 is 33.5 Å². The van der Waals surface area contributed by atoms with Crippen LogP contribution >= 0.6 is 0 Å². The quantitative estimate of drug-likeness (QED) is 0.534. The fourth-order valence-electron chi connectivity index (χ4n) is 2.34. The molecule has 3 aromatic rings. The van der Waals surface area contributed by atoms with Gasteiger partial charge in [-0.05, 0) is 37.3 Å². The maximum atomic E-state index is 13.6. The molecule has 1 atom stereocenters. The molecule has 0 bridgehead atoms. The van der Waals surface area contributed by atoms with Gasteiger partial charge in [0.05, 0.1) is 27.7 Å². The number of halogens is 1. The molecule has 0 spiro atoms. The highest BCUT2D eigenvalue weighted by atomic mass is 32.2.